The second-order valence-corrected chi connectivity index (χ2v) is 9.80. The van der Waals surface area contributed by atoms with E-state index in [1.54, 1.807) is 13.2 Å². The highest BCUT2D eigenvalue weighted by Crippen LogP contribution is 2.40. The summed E-state index contributed by atoms with van der Waals surface area (Å²) in [5.74, 6) is 1.56. The molecule has 1 aromatic carbocycles. The third-order valence-corrected chi connectivity index (χ3v) is 6.49. The Balaban J connectivity index is 1.74. The highest BCUT2D eigenvalue weighted by molar-refractivity contribution is 5.28. The smallest absolute Gasteiger partial charge is 0.160 e. The van der Waals surface area contributed by atoms with Crippen LogP contribution in [0.3, 0.4) is 0 Å². The maximum Gasteiger partial charge on any atom is 0.160 e. The van der Waals surface area contributed by atoms with Crippen molar-refractivity contribution in [2.45, 2.75) is 59.1 Å². The van der Waals surface area contributed by atoms with Gasteiger partial charge >= 0.3 is 0 Å². The molecule has 5 nitrogen and oxygen atoms in total. The highest BCUT2D eigenvalue weighted by atomic mass is 16.7. The molecule has 1 aliphatic carbocycles. The number of benzene rings is 1. The van der Waals surface area contributed by atoms with E-state index in [2.05, 4.69) is 67.7 Å². The third kappa shape index (κ3) is 6.63. The van der Waals surface area contributed by atoms with Crippen LogP contribution in [0.4, 0.5) is 0 Å². The molecule has 5 heteroatoms. The van der Waals surface area contributed by atoms with E-state index < -0.39 is 0 Å². The minimum absolute atomic E-state index is 0.339. The summed E-state index contributed by atoms with van der Waals surface area (Å²) in [6, 6.07) is 10.7. The van der Waals surface area contributed by atoms with E-state index in [-0.39, 0.29) is 0 Å². The number of nitrogens with zero attached hydrogens (tertiary/aromatic N) is 2. The van der Waals surface area contributed by atoms with Gasteiger partial charge in [-0.15, -0.1) is 6.58 Å². The van der Waals surface area contributed by atoms with Gasteiger partial charge in [0.15, 0.2) is 5.76 Å². The molecule has 1 saturated carbocycles. The Kier molecular flexibility index (Phi) is 8.83. The Morgan fingerprint density at radius 3 is 2.47 bits per heavy atom. The van der Waals surface area contributed by atoms with Crippen molar-refractivity contribution in [1.29, 1.82) is 0 Å². The summed E-state index contributed by atoms with van der Waals surface area (Å²) >= 11 is 0. The predicted molar refractivity (Wildman–Crippen MR) is 129 cm³/mol. The molecule has 0 unspecified atom stereocenters. The molecule has 176 valence electrons. The van der Waals surface area contributed by atoms with E-state index in [4.69, 9.17) is 14.3 Å². The van der Waals surface area contributed by atoms with E-state index in [0.29, 0.717) is 31.4 Å². The van der Waals surface area contributed by atoms with Gasteiger partial charge in [0, 0.05) is 12.7 Å². The molecule has 0 radical (unpaired) electrons. The first kappa shape index (κ1) is 24.4. The first-order valence-electron chi connectivity index (χ1n) is 11.8. The molecule has 2 aliphatic rings. The summed E-state index contributed by atoms with van der Waals surface area (Å²) in [6.45, 7) is 13.1. The Morgan fingerprint density at radius 2 is 1.84 bits per heavy atom. The van der Waals surface area contributed by atoms with Gasteiger partial charge in [0.25, 0.3) is 0 Å². The molecule has 0 amide bonds. The van der Waals surface area contributed by atoms with Crippen molar-refractivity contribution < 1.29 is 14.3 Å². The van der Waals surface area contributed by atoms with Gasteiger partial charge in [-0.3, -0.25) is 4.84 Å². The lowest BCUT2D eigenvalue weighted by molar-refractivity contribution is -0.180. The lowest BCUT2D eigenvalue weighted by Crippen LogP contribution is -2.41. The van der Waals surface area contributed by atoms with Crippen molar-refractivity contribution in [1.82, 2.24) is 9.96 Å². The second-order valence-electron chi connectivity index (χ2n) is 9.80. The van der Waals surface area contributed by atoms with Crippen molar-refractivity contribution in [2.24, 2.45) is 11.3 Å². The largest absolute Gasteiger partial charge is 0.493 e. The maximum absolute atomic E-state index is 6.48. The molecule has 1 aromatic rings. The number of ether oxygens (including phenoxy) is 2. The van der Waals surface area contributed by atoms with Crippen LogP contribution in [0.5, 0.6) is 0 Å². The topological polar surface area (TPSA) is 34.2 Å². The number of rotatable bonds is 10. The van der Waals surface area contributed by atoms with E-state index in [1.165, 1.54) is 18.4 Å². The standard InChI is InChI=1S/C27H40N2O3/c1-6-18-31-21-28-17-16-25(26(19-28)30-5)29(32-20-22-10-8-7-9-11-22)24-14-12-23(13-15-24)27(2,3)4/h6-11,16,19,23-24H,1,12-15,17-18,20-21H2,2-5H3/t23-,24+. The first-order valence-corrected chi connectivity index (χ1v) is 11.8. The van der Waals surface area contributed by atoms with Gasteiger partial charge in [-0.05, 0) is 48.7 Å². The monoisotopic (exact) mass is 440 g/mol. The van der Waals surface area contributed by atoms with Gasteiger partial charge in [0.2, 0.25) is 0 Å². The molecule has 0 bridgehead atoms. The summed E-state index contributed by atoms with van der Waals surface area (Å²) in [5.41, 5.74) is 2.54. The van der Waals surface area contributed by atoms with E-state index in [1.807, 2.05) is 12.3 Å². The Bertz CT molecular complexity index is 774. The normalized spacial score (nSPS) is 21.6. The highest BCUT2D eigenvalue weighted by Gasteiger charge is 2.34. The van der Waals surface area contributed by atoms with Crippen LogP contribution in [0.25, 0.3) is 0 Å². The lowest BCUT2D eigenvalue weighted by atomic mass is 9.71. The number of hydrogen-bond acceptors (Lipinski definition) is 5. The summed E-state index contributed by atoms with van der Waals surface area (Å²) in [6.07, 6.45) is 10.7. The first-order chi connectivity index (χ1) is 15.4. The number of methoxy groups -OCH3 is 1. The van der Waals surface area contributed by atoms with E-state index in [9.17, 15) is 0 Å². The molecule has 0 spiro atoms. The summed E-state index contributed by atoms with van der Waals surface area (Å²) in [4.78, 5) is 8.57. The lowest BCUT2D eigenvalue weighted by Gasteiger charge is -2.42. The molecule has 0 N–H and O–H groups in total. The van der Waals surface area contributed by atoms with Crippen LogP contribution in [-0.2, 0) is 20.9 Å². The summed E-state index contributed by atoms with van der Waals surface area (Å²) in [5, 5.41) is 2.13. The number of hydroxylamine groups is 2. The van der Waals surface area contributed by atoms with Crippen molar-refractivity contribution in [2.75, 3.05) is 27.0 Å². The molecule has 32 heavy (non-hydrogen) atoms. The molecular weight excluding hydrogens is 400 g/mol. The molecular formula is C27H40N2O3. The minimum atomic E-state index is 0.339. The van der Waals surface area contributed by atoms with Crippen LogP contribution < -0.4 is 0 Å². The molecule has 3 rings (SSSR count). The zero-order chi connectivity index (χ0) is 23.0. The van der Waals surface area contributed by atoms with Crippen molar-refractivity contribution in [3.05, 3.63) is 72.3 Å². The molecule has 1 aliphatic heterocycles. The van der Waals surface area contributed by atoms with E-state index >= 15 is 0 Å². The average molecular weight is 441 g/mol. The zero-order valence-electron chi connectivity index (χ0n) is 20.3. The molecule has 0 saturated heterocycles. The molecule has 0 atom stereocenters. The third-order valence-electron chi connectivity index (χ3n) is 6.49. The fourth-order valence-electron chi connectivity index (χ4n) is 4.55. The van der Waals surface area contributed by atoms with Gasteiger partial charge in [0.1, 0.15) is 12.4 Å². The van der Waals surface area contributed by atoms with Gasteiger partial charge < -0.3 is 14.4 Å². The van der Waals surface area contributed by atoms with E-state index in [0.717, 1.165) is 36.8 Å². The molecule has 1 fully saturated rings. The Labute approximate surface area is 194 Å². The van der Waals surface area contributed by atoms with Gasteiger partial charge in [-0.1, -0.05) is 57.2 Å². The Morgan fingerprint density at radius 1 is 1.12 bits per heavy atom. The van der Waals surface area contributed by atoms with Crippen LogP contribution >= 0.6 is 0 Å². The summed E-state index contributed by atoms with van der Waals surface area (Å²) < 4.78 is 11.4. The van der Waals surface area contributed by atoms with Gasteiger partial charge in [-0.25, -0.2) is 5.06 Å². The van der Waals surface area contributed by atoms with Crippen LogP contribution in [-0.4, -0.2) is 43.0 Å². The van der Waals surface area contributed by atoms with Crippen molar-refractivity contribution in [3.63, 3.8) is 0 Å². The van der Waals surface area contributed by atoms with Crippen LogP contribution in [0.15, 0.2) is 66.7 Å². The zero-order valence-corrected chi connectivity index (χ0v) is 20.3. The van der Waals surface area contributed by atoms with Crippen molar-refractivity contribution in [3.8, 4) is 0 Å². The predicted octanol–water partition coefficient (Wildman–Crippen LogP) is 5.87. The van der Waals surface area contributed by atoms with Gasteiger partial charge in [-0.2, -0.15) is 0 Å². The van der Waals surface area contributed by atoms with Gasteiger partial charge in [0.05, 0.1) is 26.4 Å². The van der Waals surface area contributed by atoms with Crippen LogP contribution in [0.1, 0.15) is 52.0 Å². The molecule has 1 heterocycles. The maximum atomic E-state index is 6.48. The quantitative estimate of drug-likeness (QED) is 0.258. The number of hydrogen-bond donors (Lipinski definition) is 0. The SMILES string of the molecule is C=CCOCN1C=C(OC)C(N(OCc2ccccc2)[C@H]2CC[C@@H](C(C)(C)C)CC2)=CC1. The molecule has 0 aromatic heterocycles. The summed E-state index contributed by atoms with van der Waals surface area (Å²) in [7, 11) is 1.72. The van der Waals surface area contributed by atoms with Crippen LogP contribution in [0.2, 0.25) is 0 Å². The minimum Gasteiger partial charge on any atom is -0.493 e. The second kappa shape index (κ2) is 11.6. The van der Waals surface area contributed by atoms with Crippen molar-refractivity contribution >= 4 is 0 Å². The average Bonchev–Trinajstić information content (AvgIpc) is 2.80. The Hall–Kier alpha value is -2.24. The van der Waals surface area contributed by atoms with Crippen LogP contribution in [0, 0.1) is 11.3 Å². The fraction of sp³-hybridized carbons (Fsp3) is 0.556. The fourth-order valence-corrected chi connectivity index (χ4v) is 4.55.